The fourth-order valence-electron chi connectivity index (χ4n) is 2.37. The number of unbranched alkanes of at least 4 members (excludes halogenated alkanes) is 1. The van der Waals surface area contributed by atoms with E-state index < -0.39 is 5.97 Å². The number of phenolic OH excluding ortho intramolecular Hbond substituents is 1. The third kappa shape index (κ3) is 11.7. The van der Waals surface area contributed by atoms with Gasteiger partial charge in [-0.1, -0.05) is 44.1 Å². The Morgan fingerprint density at radius 2 is 1.47 bits per heavy atom. The van der Waals surface area contributed by atoms with Gasteiger partial charge in [0.15, 0.2) is 0 Å². The van der Waals surface area contributed by atoms with Crippen LogP contribution >= 0.6 is 11.8 Å². The van der Waals surface area contributed by atoms with E-state index in [-0.39, 0.29) is 29.6 Å². The van der Waals surface area contributed by atoms with Crippen LogP contribution in [0.1, 0.15) is 70.2 Å². The van der Waals surface area contributed by atoms with Crippen LogP contribution in [0.4, 0.5) is 0 Å². The Morgan fingerprint density at radius 3 is 2.00 bits per heavy atom. The molecular formula is C26H33NO6S. The molecule has 7 nitrogen and oxygen atoms in total. The van der Waals surface area contributed by atoms with Crippen molar-refractivity contribution in [3.05, 3.63) is 54.1 Å². The van der Waals surface area contributed by atoms with E-state index in [1.165, 1.54) is 18.7 Å². The fraction of sp³-hybridized carbons (Fsp3) is 0.385. The molecule has 0 atom stereocenters. The van der Waals surface area contributed by atoms with Gasteiger partial charge in [0.2, 0.25) is 5.78 Å². The topological polar surface area (TPSA) is 102 Å². The van der Waals surface area contributed by atoms with Crippen LogP contribution in [0.5, 0.6) is 5.75 Å². The molecule has 0 radical (unpaired) electrons. The summed E-state index contributed by atoms with van der Waals surface area (Å²) in [6.07, 6.45) is 3.70. The van der Waals surface area contributed by atoms with Crippen molar-refractivity contribution in [1.82, 2.24) is 0 Å². The summed E-state index contributed by atoms with van der Waals surface area (Å²) in [4.78, 5) is 40.5. The summed E-state index contributed by atoms with van der Waals surface area (Å²) in [5.74, 6) is -0.606. The second-order valence-corrected chi connectivity index (χ2v) is 8.41. The number of Topliss-reactive ketones (excluding diaryl/α,β-unsaturated/α-hetero) is 1. The molecule has 0 aromatic heterocycles. The molecule has 0 unspecified atom stereocenters. The van der Waals surface area contributed by atoms with Crippen LogP contribution in [0.15, 0.2) is 63.5 Å². The maximum atomic E-state index is 12.2. The van der Waals surface area contributed by atoms with E-state index in [4.69, 9.17) is 4.74 Å². The lowest BCUT2D eigenvalue weighted by atomic mass is 10.1. The van der Waals surface area contributed by atoms with Gasteiger partial charge in [-0.25, -0.2) is 4.79 Å². The van der Waals surface area contributed by atoms with Crippen molar-refractivity contribution < 1.29 is 29.1 Å². The van der Waals surface area contributed by atoms with Gasteiger partial charge in [0.05, 0.1) is 6.61 Å². The highest BCUT2D eigenvalue weighted by Crippen LogP contribution is 2.29. The van der Waals surface area contributed by atoms with Crippen molar-refractivity contribution in [2.24, 2.45) is 5.16 Å². The number of phenols is 1. The summed E-state index contributed by atoms with van der Waals surface area (Å²) < 4.78 is 4.85. The third-order valence-electron chi connectivity index (χ3n) is 4.29. The number of hydrogen-bond acceptors (Lipinski definition) is 8. The van der Waals surface area contributed by atoms with Crippen molar-refractivity contribution in [3.63, 3.8) is 0 Å². The zero-order valence-corrected chi connectivity index (χ0v) is 21.0. The highest BCUT2D eigenvalue weighted by atomic mass is 32.2. The molecule has 8 heteroatoms. The monoisotopic (exact) mass is 487 g/mol. The van der Waals surface area contributed by atoms with E-state index in [0.29, 0.717) is 18.6 Å². The van der Waals surface area contributed by atoms with Crippen molar-refractivity contribution in [2.75, 3.05) is 6.61 Å². The lowest BCUT2D eigenvalue weighted by Crippen LogP contribution is -2.12. The normalized spacial score (nSPS) is 10.6. The molecule has 2 rings (SSSR count). The second-order valence-electron chi connectivity index (χ2n) is 7.27. The molecule has 0 amide bonds. The first-order valence-corrected chi connectivity index (χ1v) is 12.1. The molecule has 0 aliphatic heterocycles. The summed E-state index contributed by atoms with van der Waals surface area (Å²) >= 11 is 1.52. The zero-order chi connectivity index (χ0) is 25.3. The molecule has 0 aliphatic rings. The molecular weight excluding hydrogens is 454 g/mol. The number of hydrogen-bond donors (Lipinski definition) is 1. The summed E-state index contributed by atoms with van der Waals surface area (Å²) in [5, 5.41) is 12.8. The third-order valence-corrected chi connectivity index (χ3v) is 5.31. The summed E-state index contributed by atoms with van der Waals surface area (Å²) in [6.45, 7) is 7.78. The van der Waals surface area contributed by atoms with Crippen LogP contribution < -0.4 is 0 Å². The van der Waals surface area contributed by atoms with Crippen molar-refractivity contribution in [3.8, 4) is 5.75 Å². The van der Waals surface area contributed by atoms with Gasteiger partial charge >= 0.3 is 11.9 Å². The summed E-state index contributed by atoms with van der Waals surface area (Å²) in [5.41, 5.74) is 0.592. The molecule has 34 heavy (non-hydrogen) atoms. The molecule has 2 aromatic rings. The van der Waals surface area contributed by atoms with Crippen LogP contribution in [-0.4, -0.2) is 35.1 Å². The van der Waals surface area contributed by atoms with E-state index in [0.717, 1.165) is 29.1 Å². The minimum Gasteiger partial charge on any atom is -0.508 e. The molecule has 184 valence electrons. The number of ketones is 1. The van der Waals surface area contributed by atoms with Crippen molar-refractivity contribution in [1.29, 1.82) is 0 Å². The number of carbonyl (C=O) groups excluding carboxylic acids is 3. The van der Waals surface area contributed by atoms with Crippen molar-refractivity contribution in [2.45, 2.75) is 69.6 Å². The van der Waals surface area contributed by atoms with Gasteiger partial charge in [0, 0.05) is 28.2 Å². The molecule has 0 bridgehead atoms. The average Bonchev–Trinajstić information content (AvgIpc) is 2.86. The maximum Gasteiger partial charge on any atom is 0.334 e. The van der Waals surface area contributed by atoms with Gasteiger partial charge in [-0.15, -0.1) is 0 Å². The Kier molecular flexibility index (Phi) is 14.0. The molecule has 0 saturated carbocycles. The second kappa shape index (κ2) is 16.5. The number of esters is 1. The van der Waals surface area contributed by atoms with E-state index >= 15 is 0 Å². The Hall–Kier alpha value is -3.13. The summed E-state index contributed by atoms with van der Waals surface area (Å²) in [6, 6.07) is 13.9. The number of nitrogens with zero attached hydrogens (tertiary/aromatic N) is 1. The number of carbonyl (C=O) groups is 3. The highest BCUT2D eigenvalue weighted by molar-refractivity contribution is 7.99. The first kappa shape index (κ1) is 28.9. The molecule has 1 N–H and O–H groups in total. The van der Waals surface area contributed by atoms with Gasteiger partial charge < -0.3 is 14.7 Å². The zero-order valence-electron chi connectivity index (χ0n) is 20.2. The van der Waals surface area contributed by atoms with Gasteiger partial charge in [-0.05, 0) is 68.3 Å². The quantitative estimate of drug-likeness (QED) is 0.133. The van der Waals surface area contributed by atoms with Crippen LogP contribution in [0.3, 0.4) is 0 Å². The number of oxime groups is 1. The van der Waals surface area contributed by atoms with Crippen LogP contribution in [0.25, 0.3) is 0 Å². The van der Waals surface area contributed by atoms with Gasteiger partial charge in [-0.3, -0.25) is 9.59 Å². The Balaban J connectivity index is 0.000000489. The minimum atomic E-state index is -0.484. The smallest absolute Gasteiger partial charge is 0.334 e. The Bertz CT molecular complexity index is 929. The Morgan fingerprint density at radius 1 is 0.882 bits per heavy atom. The predicted octanol–water partition coefficient (Wildman–Crippen LogP) is 6.19. The van der Waals surface area contributed by atoms with E-state index in [1.807, 2.05) is 31.2 Å². The van der Waals surface area contributed by atoms with E-state index in [1.54, 1.807) is 31.2 Å². The first-order valence-electron chi connectivity index (χ1n) is 11.3. The lowest BCUT2D eigenvalue weighted by molar-refractivity contribution is -0.144. The maximum absolute atomic E-state index is 12.2. The minimum absolute atomic E-state index is 0.0521. The number of aromatic hydroxyl groups is 1. The Labute approximate surface area is 205 Å². The largest absolute Gasteiger partial charge is 0.508 e. The molecule has 2 aromatic carbocycles. The first-order chi connectivity index (χ1) is 16.3. The highest BCUT2D eigenvalue weighted by Gasteiger charge is 2.11. The molecule has 0 heterocycles. The average molecular weight is 488 g/mol. The van der Waals surface area contributed by atoms with Gasteiger partial charge in [-0.2, -0.15) is 0 Å². The molecule has 0 spiro atoms. The van der Waals surface area contributed by atoms with Crippen molar-refractivity contribution >= 4 is 35.2 Å². The number of benzene rings is 2. The summed E-state index contributed by atoms with van der Waals surface area (Å²) in [7, 11) is 0. The number of ether oxygens (including phenoxy) is 1. The van der Waals surface area contributed by atoms with Crippen LogP contribution in [0.2, 0.25) is 0 Å². The SMILES string of the molecule is CCC(=O)O/N=C(\C)C(=O)c1ccc(Sc2ccc(O)cc2)cc1.CCCCC(=O)OCCC. The lowest BCUT2D eigenvalue weighted by Gasteiger charge is -2.04. The molecule has 0 fully saturated rings. The van der Waals surface area contributed by atoms with E-state index in [9.17, 15) is 19.5 Å². The standard InChI is InChI=1S/C18H17NO4S.C8H16O2/c1-3-17(21)23-19-12(2)18(22)13-4-8-15(9-5-13)24-16-10-6-14(20)7-11-16;1-3-5-6-8(9)10-7-4-2/h4-11,20H,3H2,1-2H3;3-7H2,1-2H3/b19-12+;. The fourth-order valence-corrected chi connectivity index (χ4v) is 3.18. The molecule has 0 saturated heterocycles. The predicted molar refractivity (Wildman–Crippen MR) is 133 cm³/mol. The van der Waals surface area contributed by atoms with Crippen LogP contribution in [-0.2, 0) is 19.2 Å². The number of rotatable bonds is 11. The van der Waals surface area contributed by atoms with Gasteiger partial charge in [0.25, 0.3) is 0 Å². The molecule has 0 aliphatic carbocycles. The van der Waals surface area contributed by atoms with E-state index in [2.05, 4.69) is 16.9 Å². The van der Waals surface area contributed by atoms with Crippen LogP contribution in [0, 0.1) is 0 Å². The van der Waals surface area contributed by atoms with Gasteiger partial charge in [0.1, 0.15) is 11.5 Å².